The SMILES string of the molecule is O=C(Cc1cccc(F)c1)c1ccc(F)c(C(F)(F)F)c1. The molecule has 0 aliphatic carbocycles. The fraction of sp³-hybridized carbons (Fsp3) is 0.133. The van der Waals surface area contributed by atoms with Crippen LogP contribution in [-0.4, -0.2) is 5.78 Å². The number of hydrogen-bond acceptors (Lipinski definition) is 1. The number of halogens is 5. The van der Waals surface area contributed by atoms with Gasteiger partial charge in [0.2, 0.25) is 0 Å². The molecule has 0 aromatic heterocycles. The summed E-state index contributed by atoms with van der Waals surface area (Å²) in [5, 5.41) is 0. The third-order valence-electron chi connectivity index (χ3n) is 2.85. The molecule has 0 heterocycles. The number of ketones is 1. The molecule has 0 saturated heterocycles. The van der Waals surface area contributed by atoms with Crippen molar-refractivity contribution in [1.29, 1.82) is 0 Å². The number of carbonyl (C=O) groups is 1. The topological polar surface area (TPSA) is 17.1 Å². The van der Waals surface area contributed by atoms with E-state index in [4.69, 9.17) is 0 Å². The van der Waals surface area contributed by atoms with Crippen LogP contribution >= 0.6 is 0 Å². The number of benzene rings is 2. The Morgan fingerprint density at radius 1 is 1.00 bits per heavy atom. The van der Waals surface area contributed by atoms with Crippen LogP contribution in [0, 0.1) is 11.6 Å². The van der Waals surface area contributed by atoms with E-state index < -0.39 is 29.2 Å². The minimum absolute atomic E-state index is 0.263. The lowest BCUT2D eigenvalue weighted by Crippen LogP contribution is -2.11. The van der Waals surface area contributed by atoms with Crippen LogP contribution in [0.4, 0.5) is 22.0 Å². The highest BCUT2D eigenvalue weighted by molar-refractivity contribution is 5.97. The molecule has 0 unspecified atom stereocenters. The standard InChI is InChI=1S/C15H9F5O/c16-11-3-1-2-9(6-11)7-14(21)10-4-5-13(17)12(8-10)15(18,19)20/h1-6,8H,7H2. The zero-order valence-electron chi connectivity index (χ0n) is 10.5. The molecule has 6 heteroatoms. The van der Waals surface area contributed by atoms with Gasteiger partial charge >= 0.3 is 6.18 Å². The molecule has 2 aromatic carbocycles. The zero-order chi connectivity index (χ0) is 15.6. The van der Waals surface area contributed by atoms with Gasteiger partial charge in [-0.1, -0.05) is 12.1 Å². The lowest BCUT2D eigenvalue weighted by Gasteiger charge is -2.09. The van der Waals surface area contributed by atoms with Crippen molar-refractivity contribution < 1.29 is 26.7 Å². The predicted molar refractivity (Wildman–Crippen MR) is 65.8 cm³/mol. The first-order valence-corrected chi connectivity index (χ1v) is 5.92. The highest BCUT2D eigenvalue weighted by atomic mass is 19.4. The first kappa shape index (κ1) is 15.2. The third kappa shape index (κ3) is 3.65. The Bertz CT molecular complexity index is 676. The molecule has 0 bridgehead atoms. The molecule has 0 fully saturated rings. The van der Waals surface area contributed by atoms with Gasteiger partial charge in [-0.2, -0.15) is 13.2 Å². The number of alkyl halides is 3. The summed E-state index contributed by atoms with van der Waals surface area (Å²) in [6.45, 7) is 0. The van der Waals surface area contributed by atoms with Gasteiger partial charge in [0.25, 0.3) is 0 Å². The molecule has 0 atom stereocenters. The molecular weight excluding hydrogens is 291 g/mol. The molecule has 2 rings (SSSR count). The molecule has 2 aromatic rings. The van der Waals surface area contributed by atoms with Crippen molar-refractivity contribution in [1.82, 2.24) is 0 Å². The second-order valence-electron chi connectivity index (χ2n) is 4.42. The molecule has 0 amide bonds. The van der Waals surface area contributed by atoms with E-state index in [-0.39, 0.29) is 12.0 Å². The van der Waals surface area contributed by atoms with E-state index >= 15 is 0 Å². The van der Waals surface area contributed by atoms with Gasteiger partial charge in [-0.3, -0.25) is 4.79 Å². The second kappa shape index (κ2) is 5.63. The van der Waals surface area contributed by atoms with E-state index in [2.05, 4.69) is 0 Å². The van der Waals surface area contributed by atoms with Crippen LogP contribution < -0.4 is 0 Å². The van der Waals surface area contributed by atoms with Crippen molar-refractivity contribution in [2.45, 2.75) is 12.6 Å². The minimum Gasteiger partial charge on any atom is -0.294 e. The molecule has 110 valence electrons. The Morgan fingerprint density at radius 3 is 2.33 bits per heavy atom. The molecule has 1 nitrogen and oxygen atoms in total. The van der Waals surface area contributed by atoms with Crippen molar-refractivity contribution >= 4 is 5.78 Å². The molecule has 0 radical (unpaired) electrons. The highest BCUT2D eigenvalue weighted by Gasteiger charge is 2.34. The molecule has 0 aliphatic heterocycles. The Morgan fingerprint density at radius 2 is 1.71 bits per heavy atom. The van der Waals surface area contributed by atoms with Gasteiger partial charge in [0.15, 0.2) is 5.78 Å². The lowest BCUT2D eigenvalue weighted by atomic mass is 10.0. The minimum atomic E-state index is -4.88. The Labute approximate surface area is 117 Å². The van der Waals surface area contributed by atoms with Crippen molar-refractivity contribution in [3.63, 3.8) is 0 Å². The van der Waals surface area contributed by atoms with Crippen molar-refractivity contribution in [3.05, 3.63) is 70.8 Å². The summed E-state index contributed by atoms with van der Waals surface area (Å²) in [7, 11) is 0. The molecule has 0 N–H and O–H groups in total. The van der Waals surface area contributed by atoms with E-state index in [1.54, 1.807) is 0 Å². The van der Waals surface area contributed by atoms with Crippen LogP contribution in [0.15, 0.2) is 42.5 Å². The van der Waals surface area contributed by atoms with E-state index in [0.29, 0.717) is 17.7 Å². The van der Waals surface area contributed by atoms with E-state index in [9.17, 15) is 26.7 Å². The quantitative estimate of drug-likeness (QED) is 0.606. The third-order valence-corrected chi connectivity index (χ3v) is 2.85. The zero-order valence-corrected chi connectivity index (χ0v) is 10.5. The fourth-order valence-electron chi connectivity index (χ4n) is 1.85. The summed E-state index contributed by atoms with van der Waals surface area (Å²) in [5.74, 6) is -2.63. The normalized spacial score (nSPS) is 11.5. The van der Waals surface area contributed by atoms with E-state index in [0.717, 1.165) is 12.1 Å². The van der Waals surface area contributed by atoms with Crippen LogP contribution in [0.1, 0.15) is 21.5 Å². The van der Waals surface area contributed by atoms with Gasteiger partial charge in [0.1, 0.15) is 11.6 Å². The smallest absolute Gasteiger partial charge is 0.294 e. The van der Waals surface area contributed by atoms with Crippen molar-refractivity contribution in [3.8, 4) is 0 Å². The number of hydrogen-bond donors (Lipinski definition) is 0. The largest absolute Gasteiger partial charge is 0.419 e. The summed E-state index contributed by atoms with van der Waals surface area (Å²) in [4.78, 5) is 11.9. The number of Topliss-reactive ketones (excluding diaryl/α,β-unsaturated/α-hetero) is 1. The lowest BCUT2D eigenvalue weighted by molar-refractivity contribution is -0.140. The number of rotatable bonds is 3. The van der Waals surface area contributed by atoms with Gasteiger partial charge in [0.05, 0.1) is 5.56 Å². The van der Waals surface area contributed by atoms with Crippen LogP contribution in [0.2, 0.25) is 0 Å². The molecule has 0 spiro atoms. The van der Waals surface area contributed by atoms with E-state index in [1.165, 1.54) is 18.2 Å². The first-order valence-electron chi connectivity index (χ1n) is 5.92. The second-order valence-corrected chi connectivity index (χ2v) is 4.42. The summed E-state index contributed by atoms with van der Waals surface area (Å²) in [6, 6.07) is 7.23. The first-order chi connectivity index (χ1) is 9.77. The molecule has 0 saturated carbocycles. The molecule has 0 aliphatic rings. The monoisotopic (exact) mass is 300 g/mol. The Balaban J connectivity index is 2.28. The van der Waals surface area contributed by atoms with Crippen molar-refractivity contribution in [2.24, 2.45) is 0 Å². The van der Waals surface area contributed by atoms with Crippen LogP contribution in [-0.2, 0) is 12.6 Å². The van der Waals surface area contributed by atoms with Crippen LogP contribution in [0.3, 0.4) is 0 Å². The van der Waals surface area contributed by atoms with Gasteiger partial charge in [0, 0.05) is 12.0 Å². The highest BCUT2D eigenvalue weighted by Crippen LogP contribution is 2.32. The predicted octanol–water partition coefficient (Wildman–Crippen LogP) is 4.41. The molecule has 21 heavy (non-hydrogen) atoms. The maximum atomic E-state index is 13.1. The van der Waals surface area contributed by atoms with Crippen LogP contribution in [0.5, 0.6) is 0 Å². The Hall–Kier alpha value is -2.24. The maximum Gasteiger partial charge on any atom is 0.419 e. The van der Waals surface area contributed by atoms with Gasteiger partial charge in [-0.25, -0.2) is 8.78 Å². The summed E-state index contributed by atoms with van der Waals surface area (Å²) < 4.78 is 63.8. The average Bonchev–Trinajstić information content (AvgIpc) is 2.37. The van der Waals surface area contributed by atoms with Crippen LogP contribution in [0.25, 0.3) is 0 Å². The average molecular weight is 300 g/mol. The van der Waals surface area contributed by atoms with E-state index in [1.807, 2.05) is 0 Å². The summed E-state index contributed by atoms with van der Waals surface area (Å²) >= 11 is 0. The maximum absolute atomic E-state index is 13.1. The van der Waals surface area contributed by atoms with Gasteiger partial charge in [-0.05, 0) is 35.9 Å². The van der Waals surface area contributed by atoms with Crippen molar-refractivity contribution in [2.75, 3.05) is 0 Å². The fourth-order valence-corrected chi connectivity index (χ4v) is 1.85. The van der Waals surface area contributed by atoms with Gasteiger partial charge < -0.3 is 0 Å². The Kier molecular flexibility index (Phi) is 4.06. The number of carbonyl (C=O) groups excluding carboxylic acids is 1. The summed E-state index contributed by atoms with van der Waals surface area (Å²) in [5.41, 5.74) is -1.43. The molecular formula is C15H9F5O. The summed E-state index contributed by atoms with van der Waals surface area (Å²) in [6.07, 6.45) is -5.14. The van der Waals surface area contributed by atoms with Gasteiger partial charge in [-0.15, -0.1) is 0 Å².